The molecule has 1 saturated carbocycles. The summed E-state index contributed by atoms with van der Waals surface area (Å²) >= 11 is 0. The molecule has 7 nitrogen and oxygen atoms in total. The molecule has 2 bridgehead atoms. The standard InChI is InChI=1S/C22H20N2O5/c1-28-16-8-6-15(7-9-16)23(20(25)17-3-2-10-29-17)12-24-21(26)18-13-4-5-14(11-13)19(18)22(24)27/h2-10,13-14,18-19H,11-12H2,1H3/t13-,14-,18+,19+/m1/s1. The number of methoxy groups -OCH3 is 1. The second-order valence-electron chi connectivity index (χ2n) is 7.65. The SMILES string of the molecule is COc1ccc(N(CN2C(=O)[C@@H]3[C@@H](C2=O)[C@@H]2C=C[C@@H]3C2)C(=O)c2ccco2)cc1. The second kappa shape index (κ2) is 6.62. The third-order valence-corrected chi connectivity index (χ3v) is 6.21. The van der Waals surface area contributed by atoms with Crippen LogP contribution >= 0.6 is 0 Å². The molecule has 1 saturated heterocycles. The van der Waals surface area contributed by atoms with Crippen LogP contribution in [0.5, 0.6) is 5.75 Å². The number of imide groups is 1. The number of hydrogen-bond acceptors (Lipinski definition) is 5. The lowest BCUT2D eigenvalue weighted by Gasteiger charge is -2.27. The Morgan fingerprint density at radius 2 is 1.76 bits per heavy atom. The van der Waals surface area contributed by atoms with Crippen molar-refractivity contribution in [3.8, 4) is 5.75 Å². The molecule has 2 aromatic rings. The Hall–Kier alpha value is -3.35. The molecular formula is C22H20N2O5. The molecule has 2 heterocycles. The van der Waals surface area contributed by atoms with Gasteiger partial charge >= 0.3 is 0 Å². The first-order valence-corrected chi connectivity index (χ1v) is 9.61. The zero-order valence-corrected chi connectivity index (χ0v) is 15.9. The van der Waals surface area contributed by atoms with E-state index in [0.717, 1.165) is 6.42 Å². The quantitative estimate of drug-likeness (QED) is 0.577. The van der Waals surface area contributed by atoms with Crippen molar-refractivity contribution in [2.24, 2.45) is 23.7 Å². The van der Waals surface area contributed by atoms with Gasteiger partial charge in [-0.2, -0.15) is 0 Å². The Morgan fingerprint density at radius 3 is 2.31 bits per heavy atom. The topological polar surface area (TPSA) is 80.1 Å². The number of fused-ring (bicyclic) bond motifs is 5. The van der Waals surface area contributed by atoms with E-state index in [9.17, 15) is 14.4 Å². The smallest absolute Gasteiger partial charge is 0.295 e. The molecule has 2 fully saturated rings. The van der Waals surface area contributed by atoms with E-state index in [-0.39, 0.29) is 47.9 Å². The largest absolute Gasteiger partial charge is 0.497 e. The first kappa shape index (κ1) is 17.7. The van der Waals surface area contributed by atoms with Gasteiger partial charge in [-0.05, 0) is 54.7 Å². The first-order chi connectivity index (χ1) is 14.1. The fourth-order valence-corrected chi connectivity index (χ4v) is 4.80. The molecule has 3 amide bonds. The monoisotopic (exact) mass is 392 g/mol. The minimum Gasteiger partial charge on any atom is -0.497 e. The highest BCUT2D eigenvalue weighted by Gasteiger charge is 2.59. The van der Waals surface area contributed by atoms with Gasteiger partial charge < -0.3 is 9.15 Å². The lowest BCUT2D eigenvalue weighted by atomic mass is 9.85. The molecule has 0 radical (unpaired) electrons. The molecule has 0 unspecified atom stereocenters. The van der Waals surface area contributed by atoms with Crippen LogP contribution in [0.3, 0.4) is 0 Å². The van der Waals surface area contributed by atoms with Crippen LogP contribution in [0.25, 0.3) is 0 Å². The molecule has 3 aliphatic rings. The second-order valence-corrected chi connectivity index (χ2v) is 7.65. The molecule has 0 N–H and O–H groups in total. The van der Waals surface area contributed by atoms with Crippen molar-refractivity contribution in [3.05, 3.63) is 60.6 Å². The summed E-state index contributed by atoms with van der Waals surface area (Å²) in [5, 5.41) is 0. The van der Waals surface area contributed by atoms with E-state index >= 15 is 0 Å². The Kier molecular flexibility index (Phi) is 4.04. The van der Waals surface area contributed by atoms with E-state index in [2.05, 4.69) is 12.2 Å². The van der Waals surface area contributed by atoms with Crippen molar-refractivity contribution in [1.29, 1.82) is 0 Å². The van der Waals surface area contributed by atoms with Gasteiger partial charge in [-0.1, -0.05) is 12.2 Å². The van der Waals surface area contributed by atoms with Gasteiger partial charge in [0, 0.05) is 5.69 Å². The Balaban J connectivity index is 1.46. The molecule has 5 rings (SSSR count). The predicted molar refractivity (Wildman–Crippen MR) is 103 cm³/mol. The van der Waals surface area contributed by atoms with E-state index in [0.29, 0.717) is 11.4 Å². The third kappa shape index (κ3) is 2.68. The number of ether oxygens (including phenoxy) is 1. The van der Waals surface area contributed by atoms with Crippen LogP contribution in [0.1, 0.15) is 17.0 Å². The number of amides is 3. The number of hydrogen-bond donors (Lipinski definition) is 0. The Bertz CT molecular complexity index is 965. The zero-order chi connectivity index (χ0) is 20.1. The number of furan rings is 1. The summed E-state index contributed by atoms with van der Waals surface area (Å²) in [6, 6.07) is 10.1. The van der Waals surface area contributed by atoms with Gasteiger partial charge in [0.2, 0.25) is 11.8 Å². The average Bonchev–Trinajstić information content (AvgIpc) is 3.53. The van der Waals surface area contributed by atoms with Crippen LogP contribution in [-0.4, -0.2) is 36.4 Å². The zero-order valence-electron chi connectivity index (χ0n) is 15.9. The van der Waals surface area contributed by atoms with Crippen LogP contribution in [0.4, 0.5) is 5.69 Å². The van der Waals surface area contributed by atoms with Crippen molar-refractivity contribution in [3.63, 3.8) is 0 Å². The Morgan fingerprint density at radius 1 is 1.10 bits per heavy atom. The fraction of sp³-hybridized carbons (Fsp3) is 0.318. The number of benzene rings is 1. The summed E-state index contributed by atoms with van der Waals surface area (Å²) in [5.41, 5.74) is 0.547. The maximum Gasteiger partial charge on any atom is 0.295 e. The maximum absolute atomic E-state index is 13.1. The highest BCUT2D eigenvalue weighted by molar-refractivity contribution is 6.09. The molecule has 1 aliphatic heterocycles. The molecule has 0 spiro atoms. The highest BCUT2D eigenvalue weighted by atomic mass is 16.5. The van der Waals surface area contributed by atoms with Crippen molar-refractivity contribution in [2.45, 2.75) is 6.42 Å². The minimum absolute atomic E-state index is 0.127. The number of rotatable bonds is 5. The van der Waals surface area contributed by atoms with Gasteiger partial charge in [-0.15, -0.1) is 0 Å². The fourth-order valence-electron chi connectivity index (χ4n) is 4.80. The predicted octanol–water partition coefficient (Wildman–Crippen LogP) is 2.70. The molecule has 7 heteroatoms. The molecule has 29 heavy (non-hydrogen) atoms. The van der Waals surface area contributed by atoms with Crippen LogP contribution < -0.4 is 9.64 Å². The maximum atomic E-state index is 13.1. The van der Waals surface area contributed by atoms with E-state index in [1.54, 1.807) is 43.5 Å². The van der Waals surface area contributed by atoms with Crippen molar-refractivity contribution >= 4 is 23.4 Å². The van der Waals surface area contributed by atoms with E-state index in [1.807, 2.05) is 0 Å². The van der Waals surface area contributed by atoms with Crippen molar-refractivity contribution < 1.29 is 23.5 Å². The van der Waals surface area contributed by atoms with Crippen LogP contribution in [-0.2, 0) is 9.59 Å². The number of nitrogens with zero attached hydrogens (tertiary/aromatic N) is 2. The van der Waals surface area contributed by atoms with Gasteiger partial charge in [-0.25, -0.2) is 0 Å². The molecular weight excluding hydrogens is 372 g/mol. The van der Waals surface area contributed by atoms with E-state index in [1.165, 1.54) is 16.1 Å². The number of carbonyl (C=O) groups is 3. The van der Waals surface area contributed by atoms with Gasteiger partial charge in [0.05, 0.1) is 25.2 Å². The van der Waals surface area contributed by atoms with Crippen molar-refractivity contribution in [1.82, 2.24) is 4.90 Å². The normalized spacial score (nSPS) is 26.9. The lowest BCUT2D eigenvalue weighted by Crippen LogP contribution is -2.45. The molecule has 1 aromatic carbocycles. The van der Waals surface area contributed by atoms with Gasteiger partial charge in [-0.3, -0.25) is 24.2 Å². The van der Waals surface area contributed by atoms with Crippen LogP contribution in [0, 0.1) is 23.7 Å². The van der Waals surface area contributed by atoms with Gasteiger partial charge in [0.1, 0.15) is 12.4 Å². The third-order valence-electron chi connectivity index (χ3n) is 6.21. The molecule has 1 aromatic heterocycles. The number of carbonyl (C=O) groups excluding carboxylic acids is 3. The summed E-state index contributed by atoms with van der Waals surface area (Å²) < 4.78 is 10.4. The van der Waals surface area contributed by atoms with E-state index in [4.69, 9.17) is 9.15 Å². The number of anilines is 1. The highest BCUT2D eigenvalue weighted by Crippen LogP contribution is 2.52. The van der Waals surface area contributed by atoms with Gasteiger partial charge in [0.25, 0.3) is 5.91 Å². The molecule has 148 valence electrons. The minimum atomic E-state index is -0.418. The summed E-state index contributed by atoms with van der Waals surface area (Å²) in [7, 11) is 1.56. The summed E-state index contributed by atoms with van der Waals surface area (Å²) in [6.45, 7) is -0.143. The van der Waals surface area contributed by atoms with E-state index < -0.39 is 5.91 Å². The van der Waals surface area contributed by atoms with Crippen LogP contribution in [0.2, 0.25) is 0 Å². The lowest BCUT2D eigenvalue weighted by molar-refractivity contribution is -0.140. The number of allylic oxidation sites excluding steroid dienone is 2. The summed E-state index contributed by atoms with van der Waals surface area (Å²) in [5.74, 6) is -0.359. The van der Waals surface area contributed by atoms with Gasteiger partial charge in [0.15, 0.2) is 5.76 Å². The Labute approximate surface area is 167 Å². The number of likely N-dealkylation sites (tertiary alicyclic amines) is 1. The molecule has 2 aliphatic carbocycles. The summed E-state index contributed by atoms with van der Waals surface area (Å²) in [4.78, 5) is 41.8. The van der Waals surface area contributed by atoms with Crippen molar-refractivity contribution in [2.75, 3.05) is 18.7 Å². The first-order valence-electron chi connectivity index (χ1n) is 9.61. The molecule has 4 atom stereocenters. The average molecular weight is 392 g/mol. The van der Waals surface area contributed by atoms with Crippen LogP contribution in [0.15, 0.2) is 59.2 Å². The summed E-state index contributed by atoms with van der Waals surface area (Å²) in [6.07, 6.45) is 6.39.